The molecule has 3 unspecified atom stereocenters. The van der Waals surface area contributed by atoms with Crippen molar-refractivity contribution in [3.8, 4) is 0 Å². The number of nitrogens with zero attached hydrogens (tertiary/aromatic N) is 2. The van der Waals surface area contributed by atoms with E-state index >= 15 is 0 Å². The second kappa shape index (κ2) is 7.61. The molecule has 0 radical (unpaired) electrons. The molecule has 32 heavy (non-hydrogen) atoms. The Morgan fingerprint density at radius 1 is 1.22 bits per heavy atom. The molecule has 164 valence electrons. The minimum Gasteiger partial charge on any atom is -0.478 e. The van der Waals surface area contributed by atoms with Gasteiger partial charge in [0.25, 0.3) is 0 Å². The van der Waals surface area contributed by atoms with Gasteiger partial charge in [-0.15, -0.1) is 0 Å². The molecule has 1 N–H and O–H groups in total. The molecule has 1 aromatic carbocycles. The predicted octanol–water partition coefficient (Wildman–Crippen LogP) is 5.79. The van der Waals surface area contributed by atoms with Crippen LogP contribution in [0.4, 0.5) is 5.69 Å². The van der Waals surface area contributed by atoms with Crippen molar-refractivity contribution in [2.24, 2.45) is 16.8 Å². The summed E-state index contributed by atoms with van der Waals surface area (Å²) in [4.78, 5) is 19.2. The summed E-state index contributed by atoms with van der Waals surface area (Å²) in [5.74, 6) is 0.692. The average Bonchev–Trinajstić information content (AvgIpc) is 3.49. The number of hydrogen-bond donors (Lipinski definition) is 1. The van der Waals surface area contributed by atoms with Crippen molar-refractivity contribution < 1.29 is 9.90 Å². The molecule has 4 nitrogen and oxygen atoms in total. The van der Waals surface area contributed by atoms with Crippen molar-refractivity contribution >= 4 is 17.4 Å². The third kappa shape index (κ3) is 3.19. The van der Waals surface area contributed by atoms with Gasteiger partial charge in [0.2, 0.25) is 0 Å². The Morgan fingerprint density at radius 3 is 2.84 bits per heavy atom. The van der Waals surface area contributed by atoms with Gasteiger partial charge in [-0.2, -0.15) is 0 Å². The van der Waals surface area contributed by atoms with Gasteiger partial charge in [-0.05, 0) is 60.5 Å². The molecule has 3 atom stereocenters. The van der Waals surface area contributed by atoms with Gasteiger partial charge in [0.1, 0.15) is 0 Å². The zero-order valence-corrected chi connectivity index (χ0v) is 18.6. The molecule has 6 rings (SSSR count). The fourth-order valence-electron chi connectivity index (χ4n) is 6.05. The fourth-order valence-corrected chi connectivity index (χ4v) is 6.05. The summed E-state index contributed by atoms with van der Waals surface area (Å²) in [6, 6.07) is 9.20. The summed E-state index contributed by atoms with van der Waals surface area (Å²) in [6.45, 7) is 3.31. The molecule has 4 heteroatoms. The van der Waals surface area contributed by atoms with Crippen LogP contribution >= 0.6 is 0 Å². The molecule has 2 heterocycles. The first-order valence-corrected chi connectivity index (χ1v) is 12.2. The molecule has 0 spiro atoms. The van der Waals surface area contributed by atoms with Crippen molar-refractivity contribution in [1.29, 1.82) is 0 Å². The Bertz CT molecular complexity index is 1130. The topological polar surface area (TPSA) is 52.9 Å². The molecule has 5 aliphatic rings. The Hall–Kier alpha value is -2.88. The number of rotatable bonds is 6. The first-order valence-electron chi connectivity index (χ1n) is 12.2. The third-order valence-electron chi connectivity index (χ3n) is 7.76. The Balaban J connectivity index is 1.37. The number of hydrogen-bond acceptors (Lipinski definition) is 3. The van der Waals surface area contributed by atoms with E-state index in [9.17, 15) is 9.90 Å². The number of anilines is 1. The van der Waals surface area contributed by atoms with Gasteiger partial charge < -0.3 is 10.0 Å². The van der Waals surface area contributed by atoms with Crippen LogP contribution in [0.3, 0.4) is 0 Å². The van der Waals surface area contributed by atoms with E-state index in [4.69, 9.17) is 4.99 Å². The van der Waals surface area contributed by atoms with Gasteiger partial charge in [-0.3, -0.25) is 4.99 Å². The third-order valence-corrected chi connectivity index (χ3v) is 7.76. The van der Waals surface area contributed by atoms with Crippen LogP contribution in [0.2, 0.25) is 0 Å². The van der Waals surface area contributed by atoms with E-state index in [0.29, 0.717) is 29.9 Å². The van der Waals surface area contributed by atoms with E-state index in [1.54, 1.807) is 0 Å². The summed E-state index contributed by atoms with van der Waals surface area (Å²) in [6.07, 6.45) is 15.3. The Labute approximate surface area is 189 Å². The predicted molar refractivity (Wildman–Crippen MR) is 128 cm³/mol. The van der Waals surface area contributed by atoms with E-state index in [1.165, 1.54) is 41.0 Å². The molecule has 1 saturated carbocycles. The largest absolute Gasteiger partial charge is 0.478 e. The minimum absolute atomic E-state index is 0.347. The van der Waals surface area contributed by atoms with Crippen LogP contribution in [0.5, 0.6) is 0 Å². The number of para-hydroxylation sites is 1. The quantitative estimate of drug-likeness (QED) is 0.626. The van der Waals surface area contributed by atoms with Gasteiger partial charge in [-0.1, -0.05) is 56.2 Å². The van der Waals surface area contributed by atoms with Gasteiger partial charge in [0, 0.05) is 29.6 Å². The maximum Gasteiger partial charge on any atom is 0.331 e. The summed E-state index contributed by atoms with van der Waals surface area (Å²) in [7, 11) is 0. The van der Waals surface area contributed by atoms with Gasteiger partial charge in [0.05, 0.1) is 17.5 Å². The van der Waals surface area contributed by atoms with Crippen LogP contribution in [0.15, 0.2) is 76.0 Å². The van der Waals surface area contributed by atoms with Gasteiger partial charge >= 0.3 is 5.97 Å². The van der Waals surface area contributed by atoms with Gasteiger partial charge in [-0.25, -0.2) is 4.79 Å². The second-order valence-corrected chi connectivity index (χ2v) is 9.86. The van der Waals surface area contributed by atoms with Crippen molar-refractivity contribution in [2.75, 3.05) is 11.4 Å². The van der Waals surface area contributed by atoms with Crippen molar-refractivity contribution in [2.45, 2.75) is 57.4 Å². The molecule has 1 aromatic rings. The van der Waals surface area contributed by atoms with E-state index in [0.717, 1.165) is 37.4 Å². The average molecular weight is 427 g/mol. The Morgan fingerprint density at radius 2 is 2.06 bits per heavy atom. The maximum atomic E-state index is 11.6. The minimum atomic E-state index is -0.808. The highest BCUT2D eigenvalue weighted by molar-refractivity contribution is 6.09. The first-order chi connectivity index (χ1) is 15.6. The van der Waals surface area contributed by atoms with E-state index < -0.39 is 5.97 Å². The highest BCUT2D eigenvalue weighted by Crippen LogP contribution is 2.48. The van der Waals surface area contributed by atoms with Crippen molar-refractivity contribution in [3.05, 3.63) is 76.5 Å². The van der Waals surface area contributed by atoms with Crippen LogP contribution in [0.1, 0.15) is 56.9 Å². The van der Waals surface area contributed by atoms with Crippen LogP contribution in [0, 0.1) is 11.8 Å². The number of allylic oxidation sites excluding steroid dienone is 4. The monoisotopic (exact) mass is 426 g/mol. The second-order valence-electron chi connectivity index (χ2n) is 9.86. The zero-order valence-electron chi connectivity index (χ0n) is 18.6. The summed E-state index contributed by atoms with van der Waals surface area (Å²) < 4.78 is 0. The number of aliphatic imine (C=N–C) groups is 1. The molecule has 3 aliphatic carbocycles. The lowest BCUT2D eigenvalue weighted by molar-refractivity contribution is -0.132. The lowest BCUT2D eigenvalue weighted by Crippen LogP contribution is -2.34. The zero-order chi connectivity index (χ0) is 21.8. The van der Waals surface area contributed by atoms with E-state index in [2.05, 4.69) is 54.3 Å². The number of carbonyl (C=O) groups is 1. The fraction of sp³-hybridized carbons (Fsp3) is 0.429. The Kier molecular flexibility index (Phi) is 4.71. The molecule has 1 fully saturated rings. The van der Waals surface area contributed by atoms with Gasteiger partial charge in [0.15, 0.2) is 0 Å². The van der Waals surface area contributed by atoms with Crippen LogP contribution in [-0.2, 0) is 4.79 Å². The molecular weight excluding hydrogens is 396 g/mol. The highest BCUT2D eigenvalue weighted by Gasteiger charge is 2.41. The molecule has 2 aliphatic heterocycles. The number of carboxylic acids is 1. The molecular formula is C28H30N2O2. The lowest BCUT2D eigenvalue weighted by atomic mass is 9.79. The molecule has 0 aromatic heterocycles. The standard InChI is InChI=1S/C28H30N2O2/c1-2-13-30-25-6-4-3-5-21(25)22-15-18(10-12-26(22)30)27-23(14-17-7-8-17)20-11-9-19(28(31)32)16-24(20)29-27/h3-6,10,12,15-17,22-23,26H,2,7-9,11,13-14H2,1H3,(H,31,32). The molecule has 0 bridgehead atoms. The van der Waals surface area contributed by atoms with Crippen molar-refractivity contribution in [3.63, 3.8) is 0 Å². The normalized spacial score (nSPS) is 28.1. The van der Waals surface area contributed by atoms with E-state index in [1.807, 2.05) is 6.08 Å². The number of fused-ring (bicyclic) bond motifs is 3. The smallest absolute Gasteiger partial charge is 0.331 e. The maximum absolute atomic E-state index is 11.6. The van der Waals surface area contributed by atoms with E-state index in [-0.39, 0.29) is 0 Å². The lowest BCUT2D eigenvalue weighted by Gasteiger charge is -2.30. The number of carboxylic acid groups (broad SMARTS) is 1. The SMILES string of the molecule is CCCN1c2ccccc2C2C=C(C3=NC4=C(CCC(C(=O)O)=C4)C3CC3CC3)C=CC21. The molecule has 0 saturated heterocycles. The van der Waals surface area contributed by atoms with Crippen LogP contribution in [-0.4, -0.2) is 29.4 Å². The van der Waals surface area contributed by atoms with Crippen molar-refractivity contribution in [1.82, 2.24) is 0 Å². The molecule has 0 amide bonds. The highest BCUT2D eigenvalue weighted by atomic mass is 16.4. The summed E-state index contributed by atoms with van der Waals surface area (Å²) >= 11 is 0. The first kappa shape index (κ1) is 19.8. The summed E-state index contributed by atoms with van der Waals surface area (Å²) in [5, 5.41) is 9.49. The van der Waals surface area contributed by atoms with Crippen LogP contribution < -0.4 is 4.90 Å². The number of benzene rings is 1. The number of aliphatic carboxylic acids is 1. The summed E-state index contributed by atoms with van der Waals surface area (Å²) in [5.41, 5.74) is 7.97. The van der Waals surface area contributed by atoms with Crippen LogP contribution in [0.25, 0.3) is 0 Å².